The Morgan fingerprint density at radius 2 is 2.17 bits per heavy atom. The van der Waals surface area contributed by atoms with Crippen molar-refractivity contribution in [3.05, 3.63) is 0 Å². The minimum absolute atomic E-state index is 0.0564. The van der Waals surface area contributed by atoms with Crippen LogP contribution in [0.5, 0.6) is 0 Å². The first kappa shape index (κ1) is 11.4. The van der Waals surface area contributed by atoms with Crippen LogP contribution in [-0.2, 0) is 4.79 Å². The van der Waals surface area contributed by atoms with Crippen molar-refractivity contribution in [3.8, 4) is 0 Å². The van der Waals surface area contributed by atoms with Gasteiger partial charge in [0.15, 0.2) is 0 Å². The summed E-state index contributed by atoms with van der Waals surface area (Å²) in [5, 5.41) is 19.7. The predicted octanol–water partition coefficient (Wildman–Crippen LogP) is -1.42. The average Bonchev–Trinajstić information content (AvgIpc) is 1.97. The van der Waals surface area contributed by atoms with Gasteiger partial charge in [-0.15, -0.1) is 0 Å². The average molecular weight is 176 g/mol. The summed E-state index contributed by atoms with van der Waals surface area (Å²) in [6.45, 7) is 2.10. The fourth-order valence-corrected chi connectivity index (χ4v) is 0.784. The Morgan fingerprint density at radius 3 is 2.67 bits per heavy atom. The molecule has 0 spiro atoms. The summed E-state index contributed by atoms with van der Waals surface area (Å²) in [4.78, 5) is 11.9. The molecule has 0 aliphatic carbocycles. The van der Waals surface area contributed by atoms with Gasteiger partial charge in [0.1, 0.15) is 0 Å². The molecule has 0 saturated heterocycles. The first-order valence-corrected chi connectivity index (χ1v) is 3.88. The zero-order chi connectivity index (χ0) is 9.40. The molecular formula is C7H16N2O3. The van der Waals surface area contributed by atoms with E-state index >= 15 is 0 Å². The second kappa shape index (κ2) is 7.02. The maximum atomic E-state index is 10.2. The highest BCUT2D eigenvalue weighted by molar-refractivity contribution is 5.68. The molecule has 0 atom stereocenters. The van der Waals surface area contributed by atoms with Crippen LogP contribution in [0, 0.1) is 0 Å². The molecule has 12 heavy (non-hydrogen) atoms. The van der Waals surface area contributed by atoms with Gasteiger partial charge in [-0.1, -0.05) is 0 Å². The van der Waals surface area contributed by atoms with Crippen LogP contribution in [0.1, 0.15) is 0 Å². The van der Waals surface area contributed by atoms with Gasteiger partial charge in [-0.2, -0.15) is 0 Å². The number of aliphatic carboxylic acids is 1. The minimum atomic E-state index is -0.820. The Kier molecular flexibility index (Phi) is 6.64. The number of hydrogen-bond donors (Lipinski definition) is 3. The number of aliphatic hydroxyl groups excluding tert-OH is 1. The summed E-state index contributed by atoms with van der Waals surface area (Å²) in [5.41, 5.74) is 0. The van der Waals surface area contributed by atoms with E-state index in [0.717, 1.165) is 0 Å². The fraction of sp³-hybridized carbons (Fsp3) is 0.857. The smallest absolute Gasteiger partial charge is 0.317 e. The Labute approximate surface area is 72.0 Å². The van der Waals surface area contributed by atoms with Crippen molar-refractivity contribution >= 4 is 5.97 Å². The van der Waals surface area contributed by atoms with Crippen molar-refractivity contribution in [2.24, 2.45) is 0 Å². The molecule has 0 aromatic heterocycles. The summed E-state index contributed by atoms with van der Waals surface area (Å²) < 4.78 is 0. The summed E-state index contributed by atoms with van der Waals surface area (Å²) in [7, 11) is 1.74. The van der Waals surface area contributed by atoms with E-state index in [2.05, 4.69) is 5.32 Å². The molecule has 0 heterocycles. The molecule has 3 N–H and O–H groups in total. The molecule has 0 aromatic rings. The SMILES string of the molecule is CN(CCNCCO)CC(=O)O. The first-order valence-electron chi connectivity index (χ1n) is 3.88. The predicted molar refractivity (Wildman–Crippen MR) is 45.1 cm³/mol. The van der Waals surface area contributed by atoms with E-state index in [1.54, 1.807) is 11.9 Å². The van der Waals surface area contributed by atoms with Gasteiger partial charge in [0.05, 0.1) is 13.2 Å². The van der Waals surface area contributed by atoms with Gasteiger partial charge >= 0.3 is 5.97 Å². The number of aliphatic hydroxyl groups is 1. The number of carboxylic acid groups (broad SMARTS) is 1. The summed E-state index contributed by atoms with van der Waals surface area (Å²) in [6.07, 6.45) is 0. The Morgan fingerprint density at radius 1 is 1.50 bits per heavy atom. The van der Waals surface area contributed by atoms with Gasteiger partial charge in [-0.3, -0.25) is 9.69 Å². The lowest BCUT2D eigenvalue weighted by atomic mass is 10.5. The number of nitrogens with one attached hydrogen (secondary N) is 1. The monoisotopic (exact) mass is 176 g/mol. The molecule has 5 nitrogen and oxygen atoms in total. The molecule has 72 valence electrons. The third-order valence-electron chi connectivity index (χ3n) is 1.36. The highest BCUT2D eigenvalue weighted by atomic mass is 16.4. The number of nitrogens with zero attached hydrogens (tertiary/aromatic N) is 1. The highest BCUT2D eigenvalue weighted by Gasteiger charge is 2.02. The van der Waals surface area contributed by atoms with Gasteiger partial charge in [0.2, 0.25) is 0 Å². The molecule has 0 aromatic carbocycles. The van der Waals surface area contributed by atoms with Crippen LogP contribution in [-0.4, -0.2) is 60.9 Å². The van der Waals surface area contributed by atoms with Crippen LogP contribution < -0.4 is 5.32 Å². The zero-order valence-corrected chi connectivity index (χ0v) is 7.29. The molecule has 0 saturated carbocycles. The normalized spacial score (nSPS) is 10.6. The third kappa shape index (κ3) is 7.46. The lowest BCUT2D eigenvalue weighted by Gasteiger charge is -2.13. The molecule has 0 unspecified atom stereocenters. The topological polar surface area (TPSA) is 72.8 Å². The van der Waals surface area contributed by atoms with Crippen molar-refractivity contribution < 1.29 is 15.0 Å². The van der Waals surface area contributed by atoms with Crippen LogP contribution in [0.4, 0.5) is 0 Å². The van der Waals surface area contributed by atoms with Gasteiger partial charge in [0, 0.05) is 19.6 Å². The van der Waals surface area contributed by atoms with Gasteiger partial charge in [-0.05, 0) is 7.05 Å². The van der Waals surface area contributed by atoms with E-state index in [4.69, 9.17) is 10.2 Å². The lowest BCUT2D eigenvalue weighted by molar-refractivity contribution is -0.137. The number of rotatable bonds is 7. The number of carboxylic acids is 1. The van der Waals surface area contributed by atoms with Gasteiger partial charge < -0.3 is 15.5 Å². The van der Waals surface area contributed by atoms with Crippen molar-refractivity contribution in [1.82, 2.24) is 10.2 Å². The van der Waals surface area contributed by atoms with Crippen molar-refractivity contribution in [2.75, 3.05) is 39.8 Å². The molecule has 0 bridgehead atoms. The van der Waals surface area contributed by atoms with Crippen molar-refractivity contribution in [3.63, 3.8) is 0 Å². The molecule has 0 rings (SSSR count). The number of carbonyl (C=O) groups is 1. The Bertz CT molecular complexity index is 130. The molecule has 0 amide bonds. The fourth-order valence-electron chi connectivity index (χ4n) is 0.784. The number of likely N-dealkylation sites (N-methyl/N-ethyl adjacent to an activating group) is 1. The Hall–Kier alpha value is -0.650. The van der Waals surface area contributed by atoms with Crippen LogP contribution in [0.2, 0.25) is 0 Å². The van der Waals surface area contributed by atoms with E-state index in [-0.39, 0.29) is 13.2 Å². The molecule has 0 fully saturated rings. The second-order valence-electron chi connectivity index (χ2n) is 2.61. The summed E-state index contributed by atoms with van der Waals surface area (Å²) >= 11 is 0. The van der Waals surface area contributed by atoms with E-state index in [1.165, 1.54) is 0 Å². The molecule has 5 heteroatoms. The van der Waals surface area contributed by atoms with Crippen LogP contribution in [0.15, 0.2) is 0 Å². The highest BCUT2D eigenvalue weighted by Crippen LogP contribution is 1.79. The molecule has 0 aliphatic heterocycles. The Balaban J connectivity index is 3.19. The van der Waals surface area contributed by atoms with E-state index in [1.807, 2.05) is 0 Å². The first-order chi connectivity index (χ1) is 5.66. The molecule has 0 aliphatic rings. The van der Waals surface area contributed by atoms with Crippen molar-refractivity contribution in [2.45, 2.75) is 0 Å². The van der Waals surface area contributed by atoms with Crippen LogP contribution in [0.25, 0.3) is 0 Å². The number of hydrogen-bond acceptors (Lipinski definition) is 4. The quantitative estimate of drug-likeness (QED) is 0.415. The standard InChI is InChI=1S/C7H16N2O3/c1-9(6-7(11)12)4-2-8-3-5-10/h8,10H,2-6H2,1H3,(H,11,12). The summed E-state index contributed by atoms with van der Waals surface area (Å²) in [5.74, 6) is -0.820. The summed E-state index contributed by atoms with van der Waals surface area (Å²) in [6, 6.07) is 0. The zero-order valence-electron chi connectivity index (χ0n) is 7.29. The second-order valence-corrected chi connectivity index (χ2v) is 2.61. The molecule has 0 radical (unpaired) electrons. The lowest BCUT2D eigenvalue weighted by Crippen LogP contribution is -2.33. The van der Waals surface area contributed by atoms with Gasteiger partial charge in [0.25, 0.3) is 0 Å². The third-order valence-corrected chi connectivity index (χ3v) is 1.36. The maximum Gasteiger partial charge on any atom is 0.317 e. The van der Waals surface area contributed by atoms with Gasteiger partial charge in [-0.25, -0.2) is 0 Å². The van der Waals surface area contributed by atoms with Crippen molar-refractivity contribution in [1.29, 1.82) is 0 Å². The van der Waals surface area contributed by atoms with Crippen LogP contribution >= 0.6 is 0 Å². The maximum absolute atomic E-state index is 10.2. The largest absolute Gasteiger partial charge is 0.480 e. The van der Waals surface area contributed by atoms with E-state index in [0.29, 0.717) is 19.6 Å². The van der Waals surface area contributed by atoms with Crippen LogP contribution in [0.3, 0.4) is 0 Å². The van der Waals surface area contributed by atoms with E-state index in [9.17, 15) is 4.79 Å². The minimum Gasteiger partial charge on any atom is -0.480 e. The van der Waals surface area contributed by atoms with E-state index < -0.39 is 5.97 Å². The molecular weight excluding hydrogens is 160 g/mol.